The van der Waals surface area contributed by atoms with E-state index < -0.39 is 0 Å². The molecule has 2 saturated heterocycles. The van der Waals surface area contributed by atoms with Gasteiger partial charge in [0, 0.05) is 13.6 Å². The van der Waals surface area contributed by atoms with E-state index in [0.29, 0.717) is 6.61 Å². The minimum Gasteiger partial charge on any atom is -0.490 e. The smallest absolute Gasteiger partial charge is 0.490 e. The number of nitrogens with zero attached hydrogens (tertiary/aromatic N) is 1. The highest BCUT2D eigenvalue weighted by Crippen LogP contribution is 2.38. The maximum atomic E-state index is 6.09. The van der Waals surface area contributed by atoms with Crippen molar-refractivity contribution < 1.29 is 28.1 Å². The molecular weight excluding hydrogens is 494 g/mol. The quantitative estimate of drug-likeness (QED) is 0.585. The molecule has 0 spiro atoms. The van der Waals surface area contributed by atoms with Crippen LogP contribution in [0.5, 0.6) is 11.5 Å². The van der Waals surface area contributed by atoms with E-state index in [1.165, 1.54) is 0 Å². The SMILES string of the molecule is CC1(C)OB(c2ccc3c(c2)NCCO3)OC1(C)C.CN1CCOc2ccc(B3OC(C)(C)C(C)(C)O3)cc21. The molecule has 210 valence electrons. The molecule has 0 atom stereocenters. The molecule has 0 unspecified atom stereocenters. The number of hydrogen-bond donors (Lipinski definition) is 1. The van der Waals surface area contributed by atoms with Crippen LogP contribution in [0, 0.1) is 0 Å². The number of rotatable bonds is 2. The number of benzene rings is 2. The molecule has 0 aliphatic carbocycles. The number of likely N-dealkylation sites (N-methyl/N-ethyl adjacent to an activating group) is 1. The lowest BCUT2D eigenvalue weighted by atomic mass is 9.78. The highest BCUT2D eigenvalue weighted by Gasteiger charge is 2.52. The molecule has 4 aliphatic rings. The van der Waals surface area contributed by atoms with Gasteiger partial charge in [-0.05, 0) is 90.6 Å². The zero-order chi connectivity index (χ0) is 28.2. The summed E-state index contributed by atoms with van der Waals surface area (Å²) in [6.07, 6.45) is 0. The highest BCUT2D eigenvalue weighted by molar-refractivity contribution is 6.62. The van der Waals surface area contributed by atoms with Crippen molar-refractivity contribution in [2.45, 2.75) is 77.8 Å². The Labute approximate surface area is 233 Å². The van der Waals surface area contributed by atoms with Crippen LogP contribution in [0.4, 0.5) is 11.4 Å². The van der Waals surface area contributed by atoms with Gasteiger partial charge in [-0.2, -0.15) is 0 Å². The molecule has 10 heteroatoms. The molecule has 4 aliphatic heterocycles. The van der Waals surface area contributed by atoms with Gasteiger partial charge in [0.15, 0.2) is 0 Å². The van der Waals surface area contributed by atoms with Crippen LogP contribution in [0.25, 0.3) is 0 Å². The first-order valence-corrected chi connectivity index (χ1v) is 13.9. The summed E-state index contributed by atoms with van der Waals surface area (Å²) in [4.78, 5) is 2.20. The third kappa shape index (κ3) is 5.36. The van der Waals surface area contributed by atoms with Crippen molar-refractivity contribution in [2.24, 2.45) is 0 Å². The summed E-state index contributed by atoms with van der Waals surface area (Å²) in [5.74, 6) is 1.82. The molecule has 0 bridgehead atoms. The zero-order valence-electron chi connectivity index (χ0n) is 24.8. The Hall–Kier alpha value is -2.39. The van der Waals surface area contributed by atoms with E-state index >= 15 is 0 Å². The molecule has 2 fully saturated rings. The van der Waals surface area contributed by atoms with Gasteiger partial charge in [-0.25, -0.2) is 0 Å². The topological polar surface area (TPSA) is 70.7 Å². The van der Waals surface area contributed by atoms with Crippen LogP contribution in [0.15, 0.2) is 36.4 Å². The van der Waals surface area contributed by atoms with Crippen LogP contribution in [0.2, 0.25) is 0 Å². The van der Waals surface area contributed by atoms with Crippen LogP contribution in [0.3, 0.4) is 0 Å². The van der Waals surface area contributed by atoms with Crippen molar-refractivity contribution in [1.82, 2.24) is 0 Å². The fourth-order valence-corrected chi connectivity index (χ4v) is 4.78. The van der Waals surface area contributed by atoms with E-state index in [-0.39, 0.29) is 36.6 Å². The zero-order valence-corrected chi connectivity index (χ0v) is 24.8. The molecule has 1 N–H and O–H groups in total. The lowest BCUT2D eigenvalue weighted by molar-refractivity contribution is 0.00578. The summed E-state index contributed by atoms with van der Waals surface area (Å²) < 4.78 is 35.5. The van der Waals surface area contributed by atoms with Crippen LogP contribution in [-0.2, 0) is 18.6 Å². The maximum absolute atomic E-state index is 6.09. The summed E-state index contributed by atoms with van der Waals surface area (Å²) in [7, 11) is 1.44. The average Bonchev–Trinajstić information content (AvgIpc) is 3.23. The second kappa shape index (κ2) is 9.91. The molecule has 39 heavy (non-hydrogen) atoms. The fourth-order valence-electron chi connectivity index (χ4n) is 4.78. The molecule has 6 rings (SSSR count). The molecule has 0 aromatic heterocycles. The van der Waals surface area contributed by atoms with E-state index in [2.05, 4.69) is 84.8 Å². The lowest BCUT2D eigenvalue weighted by Crippen LogP contribution is -2.41. The van der Waals surface area contributed by atoms with Gasteiger partial charge < -0.3 is 38.3 Å². The first-order valence-electron chi connectivity index (χ1n) is 13.9. The summed E-state index contributed by atoms with van der Waals surface area (Å²) in [6.45, 7) is 19.7. The number of fused-ring (bicyclic) bond motifs is 2. The fraction of sp³-hybridized carbons (Fsp3) is 0.586. The van der Waals surface area contributed by atoms with Gasteiger partial charge in [0.1, 0.15) is 24.7 Å². The van der Waals surface area contributed by atoms with Gasteiger partial charge >= 0.3 is 14.2 Å². The molecule has 4 heterocycles. The van der Waals surface area contributed by atoms with Crippen LogP contribution < -0.4 is 30.6 Å². The van der Waals surface area contributed by atoms with E-state index in [0.717, 1.165) is 53.5 Å². The molecule has 0 saturated carbocycles. The highest BCUT2D eigenvalue weighted by atomic mass is 16.7. The van der Waals surface area contributed by atoms with Crippen LogP contribution in [0.1, 0.15) is 55.4 Å². The maximum Gasteiger partial charge on any atom is 0.494 e. The van der Waals surface area contributed by atoms with Gasteiger partial charge in [-0.15, -0.1) is 0 Å². The summed E-state index contributed by atoms with van der Waals surface area (Å²) >= 11 is 0. The van der Waals surface area contributed by atoms with Crippen molar-refractivity contribution in [3.8, 4) is 11.5 Å². The number of nitrogens with one attached hydrogen (secondary N) is 1. The van der Waals surface area contributed by atoms with E-state index in [4.69, 9.17) is 28.1 Å². The van der Waals surface area contributed by atoms with E-state index in [9.17, 15) is 0 Å². The van der Waals surface area contributed by atoms with E-state index in [1.54, 1.807) is 0 Å². The second-order valence-corrected chi connectivity index (χ2v) is 12.7. The molecule has 0 amide bonds. The normalized spacial score (nSPS) is 23.5. The van der Waals surface area contributed by atoms with Gasteiger partial charge in [0.25, 0.3) is 0 Å². The number of ether oxygens (including phenoxy) is 2. The average molecular weight is 536 g/mol. The van der Waals surface area contributed by atoms with E-state index in [1.807, 2.05) is 24.3 Å². The van der Waals surface area contributed by atoms with Gasteiger partial charge in [-0.1, -0.05) is 12.1 Å². The summed E-state index contributed by atoms with van der Waals surface area (Å²) in [5, 5.41) is 3.33. The molecule has 0 radical (unpaired) electrons. The van der Waals surface area contributed by atoms with Crippen LogP contribution in [-0.4, -0.2) is 70.0 Å². The third-order valence-corrected chi connectivity index (χ3v) is 8.81. The minimum atomic E-state index is -0.320. The van der Waals surface area contributed by atoms with Crippen LogP contribution >= 0.6 is 0 Å². The minimum absolute atomic E-state index is 0.308. The second-order valence-electron chi connectivity index (χ2n) is 12.7. The van der Waals surface area contributed by atoms with Gasteiger partial charge in [-0.3, -0.25) is 0 Å². The largest absolute Gasteiger partial charge is 0.494 e. The number of hydrogen-bond acceptors (Lipinski definition) is 8. The Morgan fingerprint density at radius 2 is 1.15 bits per heavy atom. The van der Waals surface area contributed by atoms with Crippen molar-refractivity contribution in [2.75, 3.05) is 43.6 Å². The predicted molar refractivity (Wildman–Crippen MR) is 157 cm³/mol. The van der Waals surface area contributed by atoms with Crippen molar-refractivity contribution >= 4 is 36.5 Å². The Morgan fingerprint density at radius 1 is 0.667 bits per heavy atom. The Morgan fingerprint density at radius 3 is 1.72 bits per heavy atom. The molecular formula is C29H42B2N2O6. The molecule has 8 nitrogen and oxygen atoms in total. The first kappa shape index (κ1) is 28.1. The third-order valence-electron chi connectivity index (χ3n) is 8.81. The standard InChI is InChI=1S/C15H22BNO3.C14H20BNO3/c1-14(2)15(3,4)20-16(19-14)11-6-7-13-12(10-11)17(5)8-9-18-13;1-13(2)14(3,4)19-15(18-13)10-5-6-12-11(9-10)16-7-8-17-12/h6-7,10H,8-9H2,1-5H3;5-6,9,16H,7-8H2,1-4H3. The summed E-state index contributed by atoms with van der Waals surface area (Å²) in [6, 6.07) is 12.2. The Balaban J connectivity index is 0.000000158. The van der Waals surface area contributed by atoms with Gasteiger partial charge in [0.05, 0.1) is 40.3 Å². The Kier molecular flexibility index (Phi) is 7.15. The lowest BCUT2D eigenvalue weighted by Gasteiger charge is -2.32. The van der Waals surface area contributed by atoms with Crippen molar-refractivity contribution in [1.29, 1.82) is 0 Å². The van der Waals surface area contributed by atoms with Crippen molar-refractivity contribution in [3.63, 3.8) is 0 Å². The first-order chi connectivity index (χ1) is 18.2. The number of anilines is 2. The van der Waals surface area contributed by atoms with Gasteiger partial charge in [0.2, 0.25) is 0 Å². The Bertz CT molecular complexity index is 1190. The predicted octanol–water partition coefficient (Wildman–Crippen LogP) is 3.60. The summed E-state index contributed by atoms with van der Waals surface area (Å²) in [5.41, 5.74) is 2.94. The monoisotopic (exact) mass is 536 g/mol. The molecule has 2 aromatic rings. The molecule has 2 aromatic carbocycles. The van der Waals surface area contributed by atoms with Crippen molar-refractivity contribution in [3.05, 3.63) is 36.4 Å².